The van der Waals surface area contributed by atoms with Crippen LogP contribution in [0, 0.1) is 5.92 Å². The van der Waals surface area contributed by atoms with E-state index in [1.54, 1.807) is 0 Å². The van der Waals surface area contributed by atoms with Gasteiger partial charge in [0.15, 0.2) is 0 Å². The van der Waals surface area contributed by atoms with Crippen LogP contribution in [0.1, 0.15) is 45.6 Å². The molecule has 0 N–H and O–H groups in total. The zero-order chi connectivity index (χ0) is 13.4. The monoisotopic (exact) mass is 248 g/mol. The summed E-state index contributed by atoms with van der Waals surface area (Å²) in [5.41, 5.74) is 1.37. The lowest BCUT2D eigenvalue weighted by Gasteiger charge is -2.12. The first-order valence-corrected chi connectivity index (χ1v) is 6.81. The standard InChI is InChI=1S/C16H24O2/c1-13(2)18-16(17)12-14(3)8-7-11-15-9-5-4-6-10-15/h4-6,9-10,13-14H,7-8,11-12H2,1-3H3. The zero-order valence-corrected chi connectivity index (χ0v) is 11.7. The van der Waals surface area contributed by atoms with Crippen LogP contribution in [0.4, 0.5) is 0 Å². The Morgan fingerprint density at radius 1 is 1.17 bits per heavy atom. The molecule has 0 saturated heterocycles. The van der Waals surface area contributed by atoms with Crippen molar-refractivity contribution >= 4 is 5.97 Å². The predicted octanol–water partition coefficient (Wildman–Crippen LogP) is 3.99. The van der Waals surface area contributed by atoms with Gasteiger partial charge in [-0.25, -0.2) is 0 Å². The van der Waals surface area contributed by atoms with E-state index in [2.05, 4.69) is 31.2 Å². The van der Waals surface area contributed by atoms with E-state index in [1.807, 2.05) is 19.9 Å². The van der Waals surface area contributed by atoms with Gasteiger partial charge in [0.05, 0.1) is 6.10 Å². The fraction of sp³-hybridized carbons (Fsp3) is 0.562. The number of aryl methyl sites for hydroxylation is 1. The maximum Gasteiger partial charge on any atom is 0.306 e. The van der Waals surface area contributed by atoms with E-state index in [4.69, 9.17) is 4.74 Å². The molecule has 0 aromatic heterocycles. The number of esters is 1. The summed E-state index contributed by atoms with van der Waals surface area (Å²) in [6.07, 6.45) is 3.81. The van der Waals surface area contributed by atoms with E-state index in [1.165, 1.54) is 5.56 Å². The van der Waals surface area contributed by atoms with Crippen molar-refractivity contribution in [2.75, 3.05) is 0 Å². The van der Waals surface area contributed by atoms with E-state index in [0.717, 1.165) is 19.3 Å². The minimum absolute atomic E-state index is 0.00554. The molecular weight excluding hydrogens is 224 g/mol. The first-order valence-electron chi connectivity index (χ1n) is 6.81. The quantitative estimate of drug-likeness (QED) is 0.682. The van der Waals surface area contributed by atoms with Gasteiger partial charge < -0.3 is 4.74 Å². The molecule has 0 heterocycles. The SMILES string of the molecule is CC(CCCc1ccccc1)CC(=O)OC(C)C. The lowest BCUT2D eigenvalue weighted by molar-refractivity contribution is -0.148. The van der Waals surface area contributed by atoms with Gasteiger partial charge in [-0.05, 0) is 44.6 Å². The second-order valence-electron chi connectivity index (χ2n) is 5.23. The normalized spacial score (nSPS) is 12.4. The number of carbonyl (C=O) groups is 1. The van der Waals surface area contributed by atoms with Crippen LogP contribution in [-0.4, -0.2) is 12.1 Å². The van der Waals surface area contributed by atoms with Crippen LogP contribution in [0.2, 0.25) is 0 Å². The van der Waals surface area contributed by atoms with Crippen molar-refractivity contribution in [3.05, 3.63) is 35.9 Å². The van der Waals surface area contributed by atoms with Gasteiger partial charge in [-0.15, -0.1) is 0 Å². The van der Waals surface area contributed by atoms with Crippen LogP contribution in [-0.2, 0) is 16.0 Å². The Morgan fingerprint density at radius 3 is 2.44 bits per heavy atom. The Balaban J connectivity index is 2.17. The van der Waals surface area contributed by atoms with Gasteiger partial charge in [0.1, 0.15) is 0 Å². The molecule has 2 nitrogen and oxygen atoms in total. The van der Waals surface area contributed by atoms with Gasteiger partial charge in [0, 0.05) is 6.42 Å². The Kier molecular flexibility index (Phi) is 6.48. The number of benzene rings is 1. The van der Waals surface area contributed by atoms with Gasteiger partial charge in [-0.1, -0.05) is 37.3 Å². The second kappa shape index (κ2) is 7.91. The molecule has 100 valence electrons. The Morgan fingerprint density at radius 2 is 1.83 bits per heavy atom. The molecule has 1 rings (SSSR count). The Bertz CT molecular complexity index is 343. The molecular formula is C16H24O2. The third kappa shape index (κ3) is 6.43. The largest absolute Gasteiger partial charge is 0.463 e. The summed E-state index contributed by atoms with van der Waals surface area (Å²) in [6.45, 7) is 5.89. The third-order valence-corrected chi connectivity index (χ3v) is 2.89. The zero-order valence-electron chi connectivity index (χ0n) is 11.7. The maximum absolute atomic E-state index is 11.5. The van der Waals surface area contributed by atoms with Crippen molar-refractivity contribution in [2.24, 2.45) is 5.92 Å². The molecule has 1 atom stereocenters. The molecule has 0 spiro atoms. The molecule has 0 bridgehead atoms. The highest BCUT2D eigenvalue weighted by Gasteiger charge is 2.11. The second-order valence-corrected chi connectivity index (χ2v) is 5.23. The molecule has 1 aromatic carbocycles. The summed E-state index contributed by atoms with van der Waals surface area (Å²) in [5.74, 6) is 0.331. The average Bonchev–Trinajstić information content (AvgIpc) is 2.29. The van der Waals surface area contributed by atoms with Crippen LogP contribution in [0.25, 0.3) is 0 Å². The van der Waals surface area contributed by atoms with Crippen molar-refractivity contribution in [3.63, 3.8) is 0 Å². The van der Waals surface area contributed by atoms with Gasteiger partial charge in [0.25, 0.3) is 0 Å². The van der Waals surface area contributed by atoms with E-state index >= 15 is 0 Å². The van der Waals surface area contributed by atoms with Crippen LogP contribution in [0.5, 0.6) is 0 Å². The van der Waals surface area contributed by atoms with Crippen LogP contribution in [0.15, 0.2) is 30.3 Å². The molecule has 2 heteroatoms. The molecule has 1 unspecified atom stereocenters. The van der Waals surface area contributed by atoms with Crippen molar-refractivity contribution in [3.8, 4) is 0 Å². The average molecular weight is 248 g/mol. The minimum Gasteiger partial charge on any atom is -0.463 e. The number of rotatable bonds is 7. The maximum atomic E-state index is 11.5. The van der Waals surface area contributed by atoms with Crippen molar-refractivity contribution in [1.29, 1.82) is 0 Å². The lowest BCUT2D eigenvalue weighted by atomic mass is 9.98. The van der Waals surface area contributed by atoms with Crippen molar-refractivity contribution < 1.29 is 9.53 Å². The highest BCUT2D eigenvalue weighted by atomic mass is 16.5. The fourth-order valence-corrected chi connectivity index (χ4v) is 2.00. The Hall–Kier alpha value is -1.31. The first kappa shape index (κ1) is 14.7. The molecule has 1 aromatic rings. The van der Waals surface area contributed by atoms with E-state index in [9.17, 15) is 4.79 Å². The summed E-state index contributed by atoms with van der Waals surface area (Å²) in [7, 11) is 0. The van der Waals surface area contributed by atoms with Gasteiger partial charge in [-0.2, -0.15) is 0 Å². The molecule has 0 aliphatic heterocycles. The first-order chi connectivity index (χ1) is 8.58. The molecule has 0 fully saturated rings. The topological polar surface area (TPSA) is 26.3 Å². The van der Waals surface area contributed by atoms with Crippen LogP contribution < -0.4 is 0 Å². The molecule has 0 aliphatic carbocycles. The molecule has 18 heavy (non-hydrogen) atoms. The molecule has 0 saturated carbocycles. The molecule has 0 radical (unpaired) electrons. The Labute approximate surface area is 110 Å². The molecule has 0 aliphatic rings. The summed E-state index contributed by atoms with van der Waals surface area (Å²) in [4.78, 5) is 11.5. The summed E-state index contributed by atoms with van der Waals surface area (Å²) in [5, 5.41) is 0. The number of hydrogen-bond acceptors (Lipinski definition) is 2. The van der Waals surface area contributed by atoms with E-state index < -0.39 is 0 Å². The molecule has 0 amide bonds. The van der Waals surface area contributed by atoms with Gasteiger partial charge >= 0.3 is 5.97 Å². The summed E-state index contributed by atoms with van der Waals surface area (Å²) >= 11 is 0. The van der Waals surface area contributed by atoms with Gasteiger partial charge in [-0.3, -0.25) is 4.79 Å². The van der Waals surface area contributed by atoms with Crippen LogP contribution in [0.3, 0.4) is 0 Å². The summed E-state index contributed by atoms with van der Waals surface area (Å²) in [6, 6.07) is 10.5. The highest BCUT2D eigenvalue weighted by molar-refractivity contribution is 5.69. The number of hydrogen-bond donors (Lipinski definition) is 0. The van der Waals surface area contributed by atoms with E-state index in [0.29, 0.717) is 12.3 Å². The third-order valence-electron chi connectivity index (χ3n) is 2.89. The number of carbonyl (C=O) groups excluding carboxylic acids is 1. The fourth-order valence-electron chi connectivity index (χ4n) is 2.00. The predicted molar refractivity (Wildman–Crippen MR) is 74.4 cm³/mol. The smallest absolute Gasteiger partial charge is 0.306 e. The summed E-state index contributed by atoms with van der Waals surface area (Å²) < 4.78 is 5.15. The minimum atomic E-state index is -0.0720. The number of ether oxygens (including phenoxy) is 1. The highest BCUT2D eigenvalue weighted by Crippen LogP contribution is 2.14. The lowest BCUT2D eigenvalue weighted by Crippen LogP contribution is -2.14. The van der Waals surface area contributed by atoms with Crippen molar-refractivity contribution in [1.82, 2.24) is 0 Å². The van der Waals surface area contributed by atoms with Crippen molar-refractivity contribution in [2.45, 2.75) is 52.6 Å². The van der Waals surface area contributed by atoms with Gasteiger partial charge in [0.2, 0.25) is 0 Å². The van der Waals surface area contributed by atoms with E-state index in [-0.39, 0.29) is 12.1 Å². The van der Waals surface area contributed by atoms with Crippen LogP contribution >= 0.6 is 0 Å².